The first-order valence-electron chi connectivity index (χ1n) is 9.51. The summed E-state index contributed by atoms with van der Waals surface area (Å²) < 4.78 is 9.82. The molecule has 5 rings (SSSR count). The van der Waals surface area contributed by atoms with E-state index in [1.54, 1.807) is 11.3 Å². The van der Waals surface area contributed by atoms with E-state index >= 15 is 0 Å². The summed E-state index contributed by atoms with van der Waals surface area (Å²) in [6.45, 7) is 6.66. The third kappa shape index (κ3) is 2.36. The Kier molecular flexibility index (Phi) is 3.56. The summed E-state index contributed by atoms with van der Waals surface area (Å²) in [7, 11) is 0. The first-order chi connectivity index (χ1) is 12.4. The van der Waals surface area contributed by atoms with Crippen molar-refractivity contribution in [3.63, 3.8) is 0 Å². The summed E-state index contributed by atoms with van der Waals surface area (Å²) in [5, 5.41) is 5.47. The molecule has 2 aliphatic rings. The fraction of sp³-hybridized carbons (Fsp3) is 0.632. The average molecular weight is 372 g/mol. The van der Waals surface area contributed by atoms with Crippen LogP contribution in [0.2, 0.25) is 0 Å². The van der Waals surface area contributed by atoms with Gasteiger partial charge in [0.1, 0.15) is 10.7 Å². The largest absolute Gasteiger partial charge is 0.370 e. The van der Waals surface area contributed by atoms with Crippen LogP contribution in [0.1, 0.15) is 68.3 Å². The molecule has 0 saturated heterocycles. The second-order valence-corrected chi connectivity index (χ2v) is 9.33. The van der Waals surface area contributed by atoms with Gasteiger partial charge in [-0.05, 0) is 39.2 Å². The van der Waals surface area contributed by atoms with Gasteiger partial charge in [0.05, 0.1) is 17.6 Å². The molecule has 0 amide bonds. The minimum Gasteiger partial charge on any atom is -0.370 e. The molecule has 4 heterocycles. The zero-order valence-corrected chi connectivity index (χ0v) is 16.4. The highest BCUT2D eigenvalue weighted by atomic mass is 32.1. The maximum Gasteiger partial charge on any atom is 0.264 e. The van der Waals surface area contributed by atoms with Gasteiger partial charge in [0.2, 0.25) is 5.78 Å². The lowest BCUT2D eigenvalue weighted by Crippen LogP contribution is -2.33. The number of nitrogens with zero attached hydrogens (tertiary/aromatic N) is 4. The predicted octanol–water partition coefficient (Wildman–Crippen LogP) is 3.77. The lowest BCUT2D eigenvalue weighted by atomic mass is 9.93. The summed E-state index contributed by atoms with van der Waals surface area (Å²) >= 11 is 1.63. The second-order valence-electron chi connectivity index (χ2n) is 8.25. The Morgan fingerprint density at radius 3 is 2.77 bits per heavy atom. The summed E-state index contributed by atoms with van der Waals surface area (Å²) in [5.41, 5.74) is 1.03. The maximum absolute atomic E-state index is 13.6. The van der Waals surface area contributed by atoms with Gasteiger partial charge in [-0.15, -0.1) is 16.4 Å². The van der Waals surface area contributed by atoms with E-state index in [1.165, 1.54) is 19.3 Å². The van der Waals surface area contributed by atoms with Crippen LogP contribution in [0.15, 0.2) is 4.79 Å². The molecule has 0 radical (unpaired) electrons. The molecular weight excluding hydrogens is 348 g/mol. The molecule has 0 bridgehead atoms. The molecule has 6 nitrogen and oxygen atoms in total. The zero-order chi connectivity index (χ0) is 18.1. The van der Waals surface area contributed by atoms with Crippen molar-refractivity contribution in [1.82, 2.24) is 19.2 Å². The van der Waals surface area contributed by atoms with E-state index in [2.05, 4.69) is 23.9 Å². The van der Waals surface area contributed by atoms with E-state index in [-0.39, 0.29) is 17.2 Å². The first-order valence-corrected chi connectivity index (χ1v) is 10.3. The lowest BCUT2D eigenvalue weighted by Gasteiger charge is -2.30. The minimum atomic E-state index is -0.240. The van der Waals surface area contributed by atoms with E-state index in [1.807, 2.05) is 16.0 Å². The molecule has 0 unspecified atom stereocenters. The van der Waals surface area contributed by atoms with Crippen molar-refractivity contribution in [2.45, 2.75) is 77.5 Å². The van der Waals surface area contributed by atoms with Crippen molar-refractivity contribution < 1.29 is 4.74 Å². The third-order valence-electron chi connectivity index (χ3n) is 5.74. The molecule has 0 N–H and O–H groups in total. The van der Waals surface area contributed by atoms with Crippen LogP contribution < -0.4 is 5.56 Å². The molecule has 7 heteroatoms. The van der Waals surface area contributed by atoms with Crippen LogP contribution in [0.3, 0.4) is 0 Å². The minimum absolute atomic E-state index is 0.113. The smallest absolute Gasteiger partial charge is 0.264 e. The zero-order valence-electron chi connectivity index (χ0n) is 15.5. The van der Waals surface area contributed by atoms with Crippen LogP contribution in [-0.4, -0.2) is 24.8 Å². The SMILES string of the molecule is Cc1nc2n(C3CCCCC3)c(=O)c3c4c(sc3n2n1)COC(C)(C)C4. The number of rotatable bonds is 1. The van der Waals surface area contributed by atoms with Gasteiger partial charge in [-0.3, -0.25) is 9.36 Å². The fourth-order valence-electron chi connectivity index (χ4n) is 4.48. The number of thiophene rings is 1. The molecule has 1 saturated carbocycles. The van der Waals surface area contributed by atoms with Gasteiger partial charge in [0.25, 0.3) is 5.56 Å². The van der Waals surface area contributed by atoms with Crippen LogP contribution in [0, 0.1) is 6.92 Å². The Morgan fingerprint density at radius 2 is 2.00 bits per heavy atom. The Hall–Kier alpha value is -1.73. The van der Waals surface area contributed by atoms with Crippen LogP contribution in [0.4, 0.5) is 0 Å². The van der Waals surface area contributed by atoms with Crippen LogP contribution >= 0.6 is 11.3 Å². The van der Waals surface area contributed by atoms with Crippen LogP contribution in [0.25, 0.3) is 16.0 Å². The third-order valence-corrected chi connectivity index (χ3v) is 6.93. The van der Waals surface area contributed by atoms with Crippen molar-refractivity contribution in [2.75, 3.05) is 0 Å². The summed E-state index contributed by atoms with van der Waals surface area (Å²) in [6.07, 6.45) is 6.48. The highest BCUT2D eigenvalue weighted by Crippen LogP contribution is 2.38. The molecule has 0 atom stereocenters. The predicted molar refractivity (Wildman–Crippen MR) is 102 cm³/mol. The van der Waals surface area contributed by atoms with E-state index in [0.29, 0.717) is 18.2 Å². The maximum atomic E-state index is 13.6. The van der Waals surface area contributed by atoms with Gasteiger partial charge in [0.15, 0.2) is 0 Å². The number of aromatic nitrogens is 4. The normalized spacial score (nSPS) is 20.7. The molecule has 3 aromatic heterocycles. The van der Waals surface area contributed by atoms with Crippen LogP contribution in [-0.2, 0) is 17.8 Å². The van der Waals surface area contributed by atoms with Crippen molar-refractivity contribution in [3.05, 3.63) is 26.6 Å². The average Bonchev–Trinajstić information content (AvgIpc) is 3.15. The number of hydrogen-bond donors (Lipinski definition) is 0. The highest BCUT2D eigenvalue weighted by molar-refractivity contribution is 7.18. The van der Waals surface area contributed by atoms with E-state index < -0.39 is 0 Å². The molecule has 26 heavy (non-hydrogen) atoms. The summed E-state index contributed by atoms with van der Waals surface area (Å²) in [5.74, 6) is 1.41. The molecule has 1 aliphatic carbocycles. The molecule has 0 aromatic carbocycles. The number of aryl methyl sites for hydroxylation is 1. The van der Waals surface area contributed by atoms with E-state index in [9.17, 15) is 4.79 Å². The van der Waals surface area contributed by atoms with Gasteiger partial charge >= 0.3 is 0 Å². The molecule has 138 valence electrons. The highest BCUT2D eigenvalue weighted by Gasteiger charge is 2.33. The van der Waals surface area contributed by atoms with Crippen molar-refractivity contribution in [2.24, 2.45) is 0 Å². The quantitative estimate of drug-likeness (QED) is 0.652. The van der Waals surface area contributed by atoms with Crippen molar-refractivity contribution in [1.29, 1.82) is 0 Å². The van der Waals surface area contributed by atoms with Gasteiger partial charge in [0, 0.05) is 17.3 Å². The van der Waals surface area contributed by atoms with Crippen molar-refractivity contribution >= 4 is 27.3 Å². The Morgan fingerprint density at radius 1 is 1.23 bits per heavy atom. The lowest BCUT2D eigenvalue weighted by molar-refractivity contribution is -0.0379. The molecular formula is C19H24N4O2S. The molecule has 3 aromatic rings. The first kappa shape index (κ1) is 16.4. The van der Waals surface area contributed by atoms with Gasteiger partial charge in [-0.25, -0.2) is 0 Å². The van der Waals surface area contributed by atoms with Gasteiger partial charge in [-0.1, -0.05) is 19.3 Å². The Balaban J connectivity index is 1.86. The standard InChI is InChI=1S/C19H24N4O2S/c1-11-20-18-22(12-7-5-4-6-8-12)16(24)15-13-9-19(2,3)25-10-14(13)26-17(15)23(18)21-11/h12H,4-10H2,1-3H3. The number of hydrogen-bond acceptors (Lipinski definition) is 5. The molecule has 0 spiro atoms. The number of ether oxygens (including phenoxy) is 1. The summed E-state index contributed by atoms with van der Waals surface area (Å²) in [6, 6.07) is 0.232. The topological polar surface area (TPSA) is 61.4 Å². The monoisotopic (exact) mass is 372 g/mol. The Labute approximate surface area is 155 Å². The van der Waals surface area contributed by atoms with Gasteiger partial charge in [-0.2, -0.15) is 9.50 Å². The molecule has 1 aliphatic heterocycles. The summed E-state index contributed by atoms with van der Waals surface area (Å²) in [4.78, 5) is 20.3. The van der Waals surface area contributed by atoms with Gasteiger partial charge < -0.3 is 4.74 Å². The van der Waals surface area contributed by atoms with E-state index in [0.717, 1.165) is 39.9 Å². The molecule has 1 fully saturated rings. The van der Waals surface area contributed by atoms with Crippen LogP contribution in [0.5, 0.6) is 0 Å². The number of fused-ring (bicyclic) bond motifs is 5. The Bertz CT molecular complexity index is 1070. The van der Waals surface area contributed by atoms with Crippen molar-refractivity contribution in [3.8, 4) is 0 Å². The fourth-order valence-corrected chi connectivity index (χ4v) is 5.65. The van der Waals surface area contributed by atoms with E-state index in [4.69, 9.17) is 4.74 Å². The second kappa shape index (κ2) is 5.63.